The van der Waals surface area contributed by atoms with Crippen molar-refractivity contribution in [1.82, 2.24) is 9.88 Å². The van der Waals surface area contributed by atoms with Crippen molar-refractivity contribution in [3.8, 4) is 0 Å². The lowest BCUT2D eigenvalue weighted by molar-refractivity contribution is 0.0697. The van der Waals surface area contributed by atoms with Gasteiger partial charge in [-0.05, 0) is 18.2 Å². The number of carbonyl (C=O) groups excluding carboxylic acids is 1. The van der Waals surface area contributed by atoms with E-state index in [1.807, 2.05) is 5.38 Å². The molecule has 21 heavy (non-hydrogen) atoms. The molecule has 0 aliphatic heterocycles. The smallest absolute Gasteiger partial charge is 0.335 e. The molecule has 6 nitrogen and oxygen atoms in total. The van der Waals surface area contributed by atoms with Gasteiger partial charge in [0.2, 0.25) is 0 Å². The third kappa shape index (κ3) is 3.93. The maximum atomic E-state index is 12.1. The van der Waals surface area contributed by atoms with Crippen LogP contribution in [0.1, 0.15) is 16.1 Å². The lowest BCUT2D eigenvalue weighted by Crippen LogP contribution is -2.31. The predicted molar refractivity (Wildman–Crippen MR) is 81.0 cm³/mol. The van der Waals surface area contributed by atoms with Gasteiger partial charge in [-0.15, -0.1) is 11.3 Å². The van der Waals surface area contributed by atoms with E-state index in [9.17, 15) is 9.59 Å². The molecule has 0 aliphatic rings. The van der Waals surface area contributed by atoms with E-state index in [-0.39, 0.29) is 16.3 Å². The summed E-state index contributed by atoms with van der Waals surface area (Å²) >= 11 is 7.40. The first-order chi connectivity index (χ1) is 9.97. The number of carbonyl (C=O) groups is 2. The molecule has 0 spiro atoms. The van der Waals surface area contributed by atoms with Crippen LogP contribution in [0.4, 0.5) is 10.5 Å². The Kier molecular flexibility index (Phi) is 4.77. The maximum absolute atomic E-state index is 12.1. The predicted octanol–water partition coefficient (Wildman–Crippen LogP) is 3.16. The van der Waals surface area contributed by atoms with Gasteiger partial charge in [-0.2, -0.15) is 0 Å². The summed E-state index contributed by atoms with van der Waals surface area (Å²) in [6, 6.07) is 3.73. The van der Waals surface area contributed by atoms with Crippen LogP contribution in [0.3, 0.4) is 0 Å². The van der Waals surface area contributed by atoms with E-state index in [1.54, 1.807) is 12.6 Å². The number of hydrogen-bond donors (Lipinski definition) is 2. The molecule has 0 saturated carbocycles. The molecule has 1 heterocycles. The zero-order valence-corrected chi connectivity index (χ0v) is 12.6. The fourth-order valence-corrected chi connectivity index (χ4v) is 2.31. The summed E-state index contributed by atoms with van der Waals surface area (Å²) in [4.78, 5) is 28.5. The number of aromatic carboxylic acids is 1. The van der Waals surface area contributed by atoms with Crippen LogP contribution in [0.25, 0.3) is 0 Å². The van der Waals surface area contributed by atoms with Crippen LogP contribution in [0.15, 0.2) is 29.1 Å². The van der Waals surface area contributed by atoms with Crippen molar-refractivity contribution in [3.63, 3.8) is 0 Å². The van der Waals surface area contributed by atoms with Crippen LogP contribution in [0, 0.1) is 0 Å². The zero-order valence-electron chi connectivity index (χ0n) is 11.0. The molecular formula is C13H12ClN3O3S. The molecule has 2 N–H and O–H groups in total. The second-order valence-electron chi connectivity index (χ2n) is 4.27. The average Bonchev–Trinajstić information content (AvgIpc) is 2.93. The van der Waals surface area contributed by atoms with Crippen LogP contribution >= 0.6 is 22.9 Å². The molecule has 2 amide bonds. The van der Waals surface area contributed by atoms with Gasteiger partial charge in [-0.3, -0.25) is 0 Å². The molecule has 1 aromatic heterocycles. The fourth-order valence-electron chi connectivity index (χ4n) is 1.60. The van der Waals surface area contributed by atoms with Crippen LogP contribution < -0.4 is 5.32 Å². The summed E-state index contributed by atoms with van der Waals surface area (Å²) in [5, 5.41) is 13.6. The van der Waals surface area contributed by atoms with Crippen molar-refractivity contribution in [2.75, 3.05) is 12.4 Å². The number of hydrogen-bond acceptors (Lipinski definition) is 4. The lowest BCUT2D eigenvalue weighted by atomic mass is 10.2. The molecule has 0 aliphatic carbocycles. The van der Waals surface area contributed by atoms with Crippen molar-refractivity contribution < 1.29 is 14.7 Å². The number of amides is 2. The molecule has 0 fully saturated rings. The molecule has 2 aromatic rings. The van der Waals surface area contributed by atoms with Crippen molar-refractivity contribution in [2.24, 2.45) is 0 Å². The van der Waals surface area contributed by atoms with Gasteiger partial charge in [0.25, 0.3) is 0 Å². The Hall–Kier alpha value is -2.12. The van der Waals surface area contributed by atoms with Crippen LogP contribution in [0.5, 0.6) is 0 Å². The Labute approximate surface area is 130 Å². The molecule has 1 aromatic carbocycles. The normalized spacial score (nSPS) is 10.2. The first-order valence-electron chi connectivity index (χ1n) is 5.89. The second kappa shape index (κ2) is 6.55. The van der Waals surface area contributed by atoms with Gasteiger partial charge in [0.1, 0.15) is 0 Å². The number of carboxylic acid groups (broad SMARTS) is 1. The summed E-state index contributed by atoms with van der Waals surface area (Å²) < 4.78 is 0. The van der Waals surface area contributed by atoms with Crippen molar-refractivity contribution in [2.45, 2.75) is 6.54 Å². The fraction of sp³-hybridized carbons (Fsp3) is 0.154. The van der Waals surface area contributed by atoms with Crippen LogP contribution in [0.2, 0.25) is 5.02 Å². The van der Waals surface area contributed by atoms with Gasteiger partial charge in [0.05, 0.1) is 34.0 Å². The number of nitrogens with one attached hydrogen (secondary N) is 1. The van der Waals surface area contributed by atoms with Gasteiger partial charge in [0.15, 0.2) is 0 Å². The standard InChI is InChI=1S/C13H12ClN3O3S/c1-17(5-9-6-21-7-15-9)13(20)16-11-4-8(12(18)19)2-3-10(11)14/h2-4,6-7H,5H2,1H3,(H,16,20)(H,18,19). The van der Waals surface area contributed by atoms with Gasteiger partial charge >= 0.3 is 12.0 Å². The molecule has 0 saturated heterocycles. The van der Waals surface area contributed by atoms with Crippen molar-refractivity contribution >= 4 is 40.6 Å². The SMILES string of the molecule is CN(Cc1cscn1)C(=O)Nc1cc(C(=O)O)ccc1Cl. The number of benzene rings is 1. The highest BCUT2D eigenvalue weighted by molar-refractivity contribution is 7.07. The Bertz CT molecular complexity index is 661. The number of aromatic nitrogens is 1. The number of urea groups is 1. The lowest BCUT2D eigenvalue weighted by Gasteiger charge is -2.17. The second-order valence-corrected chi connectivity index (χ2v) is 5.39. The molecule has 0 unspecified atom stereocenters. The highest BCUT2D eigenvalue weighted by Gasteiger charge is 2.14. The summed E-state index contributed by atoms with van der Waals surface area (Å²) in [7, 11) is 1.61. The monoisotopic (exact) mass is 325 g/mol. The molecule has 0 bridgehead atoms. The summed E-state index contributed by atoms with van der Waals surface area (Å²) in [5.74, 6) is -1.09. The van der Waals surface area contributed by atoms with E-state index in [0.717, 1.165) is 5.69 Å². The van der Waals surface area contributed by atoms with E-state index in [4.69, 9.17) is 16.7 Å². The number of anilines is 1. The summed E-state index contributed by atoms with van der Waals surface area (Å²) in [6.45, 7) is 0.353. The van der Waals surface area contributed by atoms with Crippen LogP contribution in [-0.4, -0.2) is 34.0 Å². The van der Waals surface area contributed by atoms with Gasteiger partial charge in [-0.1, -0.05) is 11.6 Å². The molecule has 0 radical (unpaired) electrons. The number of thiazole rings is 1. The minimum atomic E-state index is -1.09. The van der Waals surface area contributed by atoms with Gasteiger partial charge in [-0.25, -0.2) is 14.6 Å². The first kappa shape index (κ1) is 15.3. The maximum Gasteiger partial charge on any atom is 0.335 e. The highest BCUT2D eigenvalue weighted by Crippen LogP contribution is 2.23. The van der Waals surface area contributed by atoms with E-state index < -0.39 is 12.0 Å². The van der Waals surface area contributed by atoms with Crippen molar-refractivity contribution in [3.05, 3.63) is 45.4 Å². The largest absolute Gasteiger partial charge is 0.478 e. The molecular weight excluding hydrogens is 314 g/mol. The van der Waals surface area contributed by atoms with E-state index in [0.29, 0.717) is 6.54 Å². The topological polar surface area (TPSA) is 82.5 Å². The minimum absolute atomic E-state index is 0.0526. The highest BCUT2D eigenvalue weighted by atomic mass is 35.5. The number of halogens is 1. The minimum Gasteiger partial charge on any atom is -0.478 e. The molecule has 110 valence electrons. The number of carboxylic acids is 1. The summed E-state index contributed by atoms with van der Waals surface area (Å²) in [5.41, 5.74) is 2.78. The van der Waals surface area contributed by atoms with Gasteiger partial charge < -0.3 is 15.3 Å². The third-order valence-electron chi connectivity index (χ3n) is 2.68. The Morgan fingerprint density at radius 1 is 1.48 bits per heavy atom. The Morgan fingerprint density at radius 3 is 2.86 bits per heavy atom. The van der Waals surface area contributed by atoms with Crippen molar-refractivity contribution in [1.29, 1.82) is 0 Å². The zero-order chi connectivity index (χ0) is 15.4. The molecule has 0 atom stereocenters. The van der Waals surface area contributed by atoms with Crippen LogP contribution in [-0.2, 0) is 6.54 Å². The molecule has 2 rings (SSSR count). The van der Waals surface area contributed by atoms with E-state index in [1.165, 1.54) is 34.4 Å². The van der Waals surface area contributed by atoms with E-state index >= 15 is 0 Å². The average molecular weight is 326 g/mol. The third-order valence-corrected chi connectivity index (χ3v) is 3.65. The first-order valence-corrected chi connectivity index (χ1v) is 7.21. The summed E-state index contributed by atoms with van der Waals surface area (Å²) in [6.07, 6.45) is 0. The number of rotatable bonds is 4. The Morgan fingerprint density at radius 2 is 2.24 bits per heavy atom. The molecule has 8 heteroatoms. The quantitative estimate of drug-likeness (QED) is 0.904. The van der Waals surface area contributed by atoms with Gasteiger partial charge in [0, 0.05) is 12.4 Å². The number of nitrogens with zero attached hydrogens (tertiary/aromatic N) is 2. The van der Waals surface area contributed by atoms with E-state index in [2.05, 4.69) is 10.3 Å². The Balaban J connectivity index is 2.08.